The summed E-state index contributed by atoms with van der Waals surface area (Å²) in [6, 6.07) is 10.9. The highest BCUT2D eigenvalue weighted by atomic mass is 35.5. The number of hydrogen-bond donors (Lipinski definition) is 2. The largest absolute Gasteiger partial charge is 0.497 e. The maximum atomic E-state index is 13.0. The normalized spacial score (nSPS) is 17.1. The minimum atomic E-state index is -3.74. The Bertz CT molecular complexity index is 1070. The number of piperidine rings is 1. The third-order valence-corrected chi connectivity index (χ3v) is 7.12. The van der Waals surface area contributed by atoms with Crippen LogP contribution in [0.2, 0.25) is 5.02 Å². The third-order valence-electron chi connectivity index (χ3n) is 5.00. The molecular formula is C21H24ClN3O5S. The van der Waals surface area contributed by atoms with Gasteiger partial charge in [-0.05, 0) is 55.3 Å². The number of nitrogens with zero attached hydrogens (tertiary/aromatic N) is 1. The summed E-state index contributed by atoms with van der Waals surface area (Å²) in [4.78, 5) is 24.5. The van der Waals surface area contributed by atoms with E-state index in [0.29, 0.717) is 41.5 Å². The quantitative estimate of drug-likeness (QED) is 0.680. The fraction of sp³-hybridized carbons (Fsp3) is 0.333. The van der Waals surface area contributed by atoms with E-state index >= 15 is 0 Å². The predicted octanol–water partition coefficient (Wildman–Crippen LogP) is 3.35. The van der Waals surface area contributed by atoms with Crippen molar-refractivity contribution in [3.8, 4) is 5.75 Å². The average Bonchev–Trinajstić information content (AvgIpc) is 2.75. The van der Waals surface area contributed by atoms with Gasteiger partial charge in [0.15, 0.2) is 0 Å². The average molecular weight is 466 g/mol. The molecule has 1 atom stereocenters. The van der Waals surface area contributed by atoms with Crippen molar-refractivity contribution in [1.29, 1.82) is 0 Å². The lowest BCUT2D eigenvalue weighted by Crippen LogP contribution is -2.43. The van der Waals surface area contributed by atoms with Gasteiger partial charge in [0.05, 0.1) is 29.3 Å². The van der Waals surface area contributed by atoms with Crippen molar-refractivity contribution in [3.63, 3.8) is 0 Å². The van der Waals surface area contributed by atoms with Gasteiger partial charge in [-0.2, -0.15) is 4.31 Å². The number of anilines is 2. The second kappa shape index (κ2) is 9.67. The smallest absolute Gasteiger partial charge is 0.243 e. The second-order valence-electron chi connectivity index (χ2n) is 7.24. The van der Waals surface area contributed by atoms with E-state index in [2.05, 4.69) is 10.6 Å². The fourth-order valence-corrected chi connectivity index (χ4v) is 5.12. The van der Waals surface area contributed by atoms with Gasteiger partial charge < -0.3 is 15.4 Å². The highest BCUT2D eigenvalue weighted by molar-refractivity contribution is 7.89. The van der Waals surface area contributed by atoms with Gasteiger partial charge in [0, 0.05) is 25.0 Å². The summed E-state index contributed by atoms with van der Waals surface area (Å²) in [7, 11) is -2.23. The van der Waals surface area contributed by atoms with Gasteiger partial charge >= 0.3 is 0 Å². The number of hydrogen-bond acceptors (Lipinski definition) is 5. The maximum absolute atomic E-state index is 13.0. The molecule has 0 aromatic heterocycles. The molecule has 166 valence electrons. The Morgan fingerprint density at radius 2 is 1.81 bits per heavy atom. The van der Waals surface area contributed by atoms with E-state index in [1.165, 1.54) is 30.5 Å². The monoisotopic (exact) mass is 465 g/mol. The van der Waals surface area contributed by atoms with Crippen molar-refractivity contribution in [1.82, 2.24) is 4.31 Å². The zero-order chi connectivity index (χ0) is 22.6. The van der Waals surface area contributed by atoms with E-state index in [9.17, 15) is 18.0 Å². The Labute approximate surface area is 186 Å². The molecule has 1 fully saturated rings. The highest BCUT2D eigenvalue weighted by Crippen LogP contribution is 2.29. The summed E-state index contributed by atoms with van der Waals surface area (Å²) < 4.78 is 32.4. The molecule has 3 rings (SSSR count). The van der Waals surface area contributed by atoms with Crippen molar-refractivity contribution in [2.75, 3.05) is 30.8 Å². The number of halogens is 1. The molecule has 1 unspecified atom stereocenters. The zero-order valence-electron chi connectivity index (χ0n) is 17.2. The molecule has 8 nitrogen and oxygen atoms in total. The molecule has 1 saturated heterocycles. The summed E-state index contributed by atoms with van der Waals surface area (Å²) in [6.45, 7) is 1.77. The summed E-state index contributed by atoms with van der Waals surface area (Å²) >= 11 is 6.03. The second-order valence-corrected chi connectivity index (χ2v) is 9.61. The lowest BCUT2D eigenvalue weighted by atomic mass is 9.98. The molecule has 2 amide bonds. The van der Waals surface area contributed by atoms with E-state index in [1.54, 1.807) is 30.3 Å². The SMILES string of the molecule is COc1ccc(S(=O)(=O)N2CCCC(C(=O)Nc3cc(Cl)ccc3NC(C)=O)C2)cc1. The van der Waals surface area contributed by atoms with Gasteiger partial charge in [-0.3, -0.25) is 9.59 Å². The number of carbonyl (C=O) groups is 2. The van der Waals surface area contributed by atoms with Crippen LogP contribution in [0.5, 0.6) is 5.75 Å². The molecule has 2 aromatic carbocycles. The summed E-state index contributed by atoms with van der Waals surface area (Å²) in [5.74, 6) is -0.590. The minimum Gasteiger partial charge on any atom is -0.497 e. The first kappa shape index (κ1) is 23.1. The Morgan fingerprint density at radius 3 is 2.45 bits per heavy atom. The zero-order valence-corrected chi connectivity index (χ0v) is 18.8. The van der Waals surface area contributed by atoms with Crippen molar-refractivity contribution in [3.05, 3.63) is 47.5 Å². The van der Waals surface area contributed by atoms with Crippen LogP contribution >= 0.6 is 11.6 Å². The number of benzene rings is 2. The topological polar surface area (TPSA) is 105 Å². The molecule has 0 saturated carbocycles. The first-order valence-corrected chi connectivity index (χ1v) is 11.5. The molecule has 1 aliphatic heterocycles. The van der Waals surface area contributed by atoms with E-state index in [1.807, 2.05) is 0 Å². The maximum Gasteiger partial charge on any atom is 0.243 e. The van der Waals surface area contributed by atoms with Gasteiger partial charge in [0.25, 0.3) is 0 Å². The molecule has 31 heavy (non-hydrogen) atoms. The van der Waals surface area contributed by atoms with Gasteiger partial charge in [-0.25, -0.2) is 8.42 Å². The molecule has 10 heteroatoms. The number of ether oxygens (including phenoxy) is 1. The van der Waals surface area contributed by atoms with Crippen molar-refractivity contribution < 1.29 is 22.7 Å². The molecule has 2 N–H and O–H groups in total. The third kappa shape index (κ3) is 5.55. The molecule has 1 heterocycles. The number of amides is 2. The van der Waals surface area contributed by atoms with Crippen LogP contribution in [-0.2, 0) is 19.6 Å². The Morgan fingerprint density at radius 1 is 1.10 bits per heavy atom. The fourth-order valence-electron chi connectivity index (χ4n) is 3.42. The van der Waals surface area contributed by atoms with Crippen LogP contribution in [0.3, 0.4) is 0 Å². The Hall–Kier alpha value is -2.62. The van der Waals surface area contributed by atoms with Crippen LogP contribution in [0.25, 0.3) is 0 Å². The number of rotatable bonds is 6. The van der Waals surface area contributed by atoms with E-state index in [-0.39, 0.29) is 23.3 Å². The highest BCUT2D eigenvalue weighted by Gasteiger charge is 2.33. The van der Waals surface area contributed by atoms with Crippen LogP contribution in [0, 0.1) is 5.92 Å². The van der Waals surface area contributed by atoms with Crippen molar-refractivity contribution >= 4 is 44.8 Å². The van der Waals surface area contributed by atoms with Crippen LogP contribution in [0.15, 0.2) is 47.4 Å². The Kier molecular flexibility index (Phi) is 7.19. The molecular weight excluding hydrogens is 442 g/mol. The number of sulfonamides is 1. The molecule has 0 spiro atoms. The number of nitrogens with one attached hydrogen (secondary N) is 2. The lowest BCUT2D eigenvalue weighted by Gasteiger charge is -2.31. The predicted molar refractivity (Wildman–Crippen MR) is 119 cm³/mol. The summed E-state index contributed by atoms with van der Waals surface area (Å²) in [5.41, 5.74) is 0.784. The van der Waals surface area contributed by atoms with E-state index < -0.39 is 15.9 Å². The first-order chi connectivity index (χ1) is 14.7. The van der Waals surface area contributed by atoms with Crippen LogP contribution in [0.4, 0.5) is 11.4 Å². The van der Waals surface area contributed by atoms with Gasteiger partial charge in [0.1, 0.15) is 5.75 Å². The summed E-state index contributed by atoms with van der Waals surface area (Å²) in [6.07, 6.45) is 1.11. The molecule has 0 radical (unpaired) electrons. The van der Waals surface area contributed by atoms with Gasteiger partial charge in [-0.15, -0.1) is 0 Å². The van der Waals surface area contributed by atoms with Crippen molar-refractivity contribution in [2.24, 2.45) is 5.92 Å². The molecule has 1 aliphatic rings. The molecule has 2 aromatic rings. The lowest BCUT2D eigenvalue weighted by molar-refractivity contribution is -0.121. The van der Waals surface area contributed by atoms with Crippen molar-refractivity contribution in [2.45, 2.75) is 24.7 Å². The number of carbonyl (C=O) groups excluding carboxylic acids is 2. The van der Waals surface area contributed by atoms with E-state index in [4.69, 9.17) is 16.3 Å². The van der Waals surface area contributed by atoms with Crippen LogP contribution in [0.1, 0.15) is 19.8 Å². The van der Waals surface area contributed by atoms with Gasteiger partial charge in [-0.1, -0.05) is 11.6 Å². The van der Waals surface area contributed by atoms with Crippen LogP contribution in [-0.4, -0.2) is 44.7 Å². The first-order valence-electron chi connectivity index (χ1n) is 9.73. The molecule has 0 bridgehead atoms. The van der Waals surface area contributed by atoms with E-state index in [0.717, 1.165) is 0 Å². The summed E-state index contributed by atoms with van der Waals surface area (Å²) in [5, 5.41) is 5.82. The van der Waals surface area contributed by atoms with Gasteiger partial charge in [0.2, 0.25) is 21.8 Å². The number of methoxy groups -OCH3 is 1. The van der Waals surface area contributed by atoms with Crippen LogP contribution < -0.4 is 15.4 Å². The minimum absolute atomic E-state index is 0.0657. The Balaban J connectivity index is 1.75. The molecule has 0 aliphatic carbocycles. The standard InChI is InChI=1S/C21H24ClN3O5S/c1-14(26)23-19-10-5-16(22)12-20(19)24-21(27)15-4-3-11-25(13-15)31(28,29)18-8-6-17(30-2)7-9-18/h5-10,12,15H,3-4,11,13H2,1-2H3,(H,23,26)(H,24,27).